The van der Waals surface area contributed by atoms with E-state index in [0.717, 1.165) is 16.6 Å². The molecule has 0 unspecified atom stereocenters. The highest BCUT2D eigenvalue weighted by atomic mass is 16.2. The van der Waals surface area contributed by atoms with Gasteiger partial charge < -0.3 is 16.0 Å². The molecule has 0 atom stereocenters. The highest BCUT2D eigenvalue weighted by Crippen LogP contribution is 2.21. The summed E-state index contributed by atoms with van der Waals surface area (Å²) in [5.41, 5.74) is 8.69. The van der Waals surface area contributed by atoms with Gasteiger partial charge in [-0.15, -0.1) is 0 Å². The molecular weight excluding hydrogens is 368 g/mol. The minimum atomic E-state index is -0.774. The molecule has 0 radical (unpaired) electrons. The Balaban J connectivity index is 1.70. The Labute approximate surface area is 166 Å². The van der Waals surface area contributed by atoms with Crippen LogP contribution in [0.15, 0.2) is 54.9 Å². The van der Waals surface area contributed by atoms with Crippen LogP contribution in [0.4, 0.5) is 5.69 Å². The number of H-pyrrole nitrogens is 1. The Morgan fingerprint density at radius 1 is 1.14 bits per heavy atom. The van der Waals surface area contributed by atoms with Crippen LogP contribution >= 0.6 is 0 Å². The Bertz CT molecular complexity index is 1190. The SMILES string of the molecule is CC(C)c1cccc(NC(=O)c2ncn(-c3nc4ccccc4[nH]3)c2C(N)=O)c1. The van der Waals surface area contributed by atoms with Gasteiger partial charge in [-0.1, -0.05) is 38.1 Å². The first-order valence-corrected chi connectivity index (χ1v) is 9.17. The van der Waals surface area contributed by atoms with Crippen molar-refractivity contribution < 1.29 is 9.59 Å². The topological polar surface area (TPSA) is 119 Å². The first-order valence-electron chi connectivity index (χ1n) is 9.17. The van der Waals surface area contributed by atoms with Gasteiger partial charge in [0, 0.05) is 5.69 Å². The number of hydrogen-bond donors (Lipinski definition) is 3. The molecule has 0 aliphatic rings. The Hall–Kier alpha value is -3.94. The summed E-state index contributed by atoms with van der Waals surface area (Å²) in [6, 6.07) is 15.0. The minimum Gasteiger partial charge on any atom is -0.364 e. The van der Waals surface area contributed by atoms with E-state index >= 15 is 0 Å². The number of rotatable bonds is 5. The molecule has 0 bridgehead atoms. The molecule has 0 aliphatic heterocycles. The number of nitrogens with one attached hydrogen (secondary N) is 2. The van der Waals surface area contributed by atoms with E-state index in [9.17, 15) is 9.59 Å². The Kier molecular flexibility index (Phi) is 4.59. The maximum Gasteiger partial charge on any atom is 0.276 e. The van der Waals surface area contributed by atoms with Crippen LogP contribution in [0.1, 0.15) is 46.3 Å². The Morgan fingerprint density at radius 3 is 2.66 bits per heavy atom. The molecule has 0 saturated carbocycles. The van der Waals surface area contributed by atoms with E-state index in [1.807, 2.05) is 42.5 Å². The van der Waals surface area contributed by atoms with Gasteiger partial charge in [0.25, 0.3) is 11.8 Å². The fraction of sp³-hybridized carbons (Fsp3) is 0.143. The average molecular weight is 388 g/mol. The first kappa shape index (κ1) is 18.4. The summed E-state index contributed by atoms with van der Waals surface area (Å²) in [4.78, 5) is 36.6. The quantitative estimate of drug-likeness (QED) is 0.486. The highest BCUT2D eigenvalue weighted by molar-refractivity contribution is 6.10. The third kappa shape index (κ3) is 3.47. The average Bonchev–Trinajstić information content (AvgIpc) is 3.32. The molecule has 146 valence electrons. The van der Waals surface area contributed by atoms with Crippen molar-refractivity contribution in [2.24, 2.45) is 5.73 Å². The molecule has 4 N–H and O–H groups in total. The fourth-order valence-corrected chi connectivity index (χ4v) is 3.13. The fourth-order valence-electron chi connectivity index (χ4n) is 3.13. The lowest BCUT2D eigenvalue weighted by Gasteiger charge is -2.09. The molecule has 0 spiro atoms. The number of benzene rings is 2. The van der Waals surface area contributed by atoms with Gasteiger partial charge in [0.2, 0.25) is 5.95 Å². The zero-order chi connectivity index (χ0) is 20.5. The van der Waals surface area contributed by atoms with Crippen LogP contribution in [-0.4, -0.2) is 31.3 Å². The standard InChI is InChI=1S/C21H20N6O2/c1-12(2)13-6-5-7-14(10-13)24-20(29)17-18(19(22)28)27(11-23-17)21-25-15-8-3-4-9-16(15)26-21/h3-12H,1-2H3,(H2,22,28)(H,24,29)(H,25,26). The van der Waals surface area contributed by atoms with E-state index in [4.69, 9.17) is 5.73 Å². The number of nitrogens with two attached hydrogens (primary N) is 1. The lowest BCUT2D eigenvalue weighted by molar-refractivity contribution is 0.0970. The van der Waals surface area contributed by atoms with Crippen LogP contribution in [0.3, 0.4) is 0 Å². The minimum absolute atomic E-state index is 0.0402. The summed E-state index contributed by atoms with van der Waals surface area (Å²) >= 11 is 0. The van der Waals surface area contributed by atoms with Gasteiger partial charge in [-0.05, 0) is 35.7 Å². The third-order valence-corrected chi connectivity index (χ3v) is 4.63. The molecule has 8 heteroatoms. The summed E-state index contributed by atoms with van der Waals surface area (Å²) < 4.78 is 1.39. The number of primary amides is 1. The summed E-state index contributed by atoms with van der Waals surface area (Å²) in [6.07, 6.45) is 1.36. The summed E-state index contributed by atoms with van der Waals surface area (Å²) in [7, 11) is 0. The zero-order valence-corrected chi connectivity index (χ0v) is 16.0. The van der Waals surface area contributed by atoms with E-state index in [-0.39, 0.29) is 11.4 Å². The van der Waals surface area contributed by atoms with Gasteiger partial charge in [-0.25, -0.2) is 9.97 Å². The van der Waals surface area contributed by atoms with Gasteiger partial charge in [0.15, 0.2) is 5.69 Å². The number of para-hydroxylation sites is 2. The zero-order valence-electron chi connectivity index (χ0n) is 16.0. The molecule has 0 aliphatic carbocycles. The smallest absolute Gasteiger partial charge is 0.276 e. The van der Waals surface area contributed by atoms with Crippen LogP contribution in [-0.2, 0) is 0 Å². The van der Waals surface area contributed by atoms with Crippen molar-refractivity contribution in [1.82, 2.24) is 19.5 Å². The maximum atomic E-state index is 12.8. The molecule has 8 nitrogen and oxygen atoms in total. The summed E-state index contributed by atoms with van der Waals surface area (Å²) in [5, 5.41) is 2.79. The van der Waals surface area contributed by atoms with Crippen molar-refractivity contribution in [2.75, 3.05) is 5.32 Å². The predicted octanol–water partition coefficient (Wildman–Crippen LogP) is 3.22. The van der Waals surface area contributed by atoms with Crippen molar-refractivity contribution in [1.29, 1.82) is 0 Å². The van der Waals surface area contributed by atoms with Crippen molar-refractivity contribution in [2.45, 2.75) is 19.8 Å². The van der Waals surface area contributed by atoms with Crippen molar-refractivity contribution in [3.05, 3.63) is 71.8 Å². The van der Waals surface area contributed by atoms with Crippen LogP contribution < -0.4 is 11.1 Å². The van der Waals surface area contributed by atoms with Crippen LogP contribution in [0.5, 0.6) is 0 Å². The van der Waals surface area contributed by atoms with E-state index < -0.39 is 11.8 Å². The van der Waals surface area contributed by atoms with Crippen LogP contribution in [0.2, 0.25) is 0 Å². The molecule has 2 aromatic heterocycles. The maximum absolute atomic E-state index is 12.8. The summed E-state index contributed by atoms with van der Waals surface area (Å²) in [5.74, 6) is -0.618. The number of amides is 2. The number of imidazole rings is 2. The molecule has 0 fully saturated rings. The van der Waals surface area contributed by atoms with E-state index in [1.165, 1.54) is 10.9 Å². The van der Waals surface area contributed by atoms with Crippen molar-refractivity contribution in [3.63, 3.8) is 0 Å². The number of nitrogens with zero attached hydrogens (tertiary/aromatic N) is 3. The van der Waals surface area contributed by atoms with Gasteiger partial charge in [0.05, 0.1) is 11.0 Å². The number of aromatic amines is 1. The number of carbonyl (C=O) groups excluding carboxylic acids is 2. The molecule has 4 rings (SSSR count). The van der Waals surface area contributed by atoms with Crippen LogP contribution in [0, 0.1) is 0 Å². The molecular formula is C21H20N6O2. The number of hydrogen-bond acceptors (Lipinski definition) is 4. The molecule has 2 aromatic carbocycles. The van der Waals surface area contributed by atoms with Crippen molar-refractivity contribution >= 4 is 28.5 Å². The van der Waals surface area contributed by atoms with Gasteiger partial charge >= 0.3 is 0 Å². The molecule has 0 saturated heterocycles. The molecule has 2 amide bonds. The Morgan fingerprint density at radius 2 is 1.93 bits per heavy atom. The number of aromatic nitrogens is 4. The monoisotopic (exact) mass is 388 g/mol. The van der Waals surface area contributed by atoms with Gasteiger partial charge in [0.1, 0.15) is 12.0 Å². The lowest BCUT2D eigenvalue weighted by Crippen LogP contribution is -2.23. The largest absolute Gasteiger partial charge is 0.364 e. The number of anilines is 1. The molecule has 29 heavy (non-hydrogen) atoms. The third-order valence-electron chi connectivity index (χ3n) is 4.63. The van der Waals surface area contributed by atoms with E-state index in [1.54, 1.807) is 6.07 Å². The number of carbonyl (C=O) groups is 2. The normalized spacial score (nSPS) is 11.1. The van der Waals surface area contributed by atoms with Crippen LogP contribution in [0.25, 0.3) is 17.0 Å². The lowest BCUT2D eigenvalue weighted by atomic mass is 10.0. The van der Waals surface area contributed by atoms with E-state index in [0.29, 0.717) is 17.6 Å². The summed E-state index contributed by atoms with van der Waals surface area (Å²) in [6.45, 7) is 4.14. The van der Waals surface area contributed by atoms with Gasteiger partial charge in [-0.2, -0.15) is 0 Å². The molecule has 2 heterocycles. The highest BCUT2D eigenvalue weighted by Gasteiger charge is 2.24. The number of fused-ring (bicyclic) bond motifs is 1. The second-order valence-electron chi connectivity index (χ2n) is 6.99. The molecule has 4 aromatic rings. The predicted molar refractivity (Wildman–Crippen MR) is 110 cm³/mol. The van der Waals surface area contributed by atoms with Crippen molar-refractivity contribution in [3.8, 4) is 5.95 Å². The second-order valence-corrected chi connectivity index (χ2v) is 6.99. The second kappa shape index (κ2) is 7.23. The first-order chi connectivity index (χ1) is 13.9. The van der Waals surface area contributed by atoms with Gasteiger partial charge in [-0.3, -0.25) is 14.2 Å². The van der Waals surface area contributed by atoms with E-state index in [2.05, 4.69) is 34.1 Å².